The van der Waals surface area contributed by atoms with E-state index in [1.165, 1.54) is 26.0 Å². The van der Waals surface area contributed by atoms with Gasteiger partial charge in [0.15, 0.2) is 0 Å². The van der Waals surface area contributed by atoms with Crippen molar-refractivity contribution < 1.29 is 32.2 Å². The molecule has 5 nitrogen and oxygen atoms in total. The molecule has 0 amide bonds. The smallest absolute Gasteiger partial charge is 0.431 e. The zero-order valence-corrected chi connectivity index (χ0v) is 16.2. The first-order valence-corrected chi connectivity index (χ1v) is 8.89. The van der Waals surface area contributed by atoms with Crippen molar-refractivity contribution in [3.05, 3.63) is 57.4 Å². The van der Waals surface area contributed by atoms with Crippen molar-refractivity contribution in [1.82, 2.24) is 5.32 Å². The van der Waals surface area contributed by atoms with E-state index >= 15 is 0 Å². The lowest BCUT2D eigenvalue weighted by Gasteiger charge is -2.32. The zero-order chi connectivity index (χ0) is 21.1. The predicted molar refractivity (Wildman–Crippen MR) is 96.4 cm³/mol. The largest absolute Gasteiger partial charge is 0.463 e. The van der Waals surface area contributed by atoms with Gasteiger partial charge in [-0.05, 0) is 32.4 Å². The highest BCUT2D eigenvalue weighted by molar-refractivity contribution is 6.31. The fraction of sp³-hybridized carbons (Fsp3) is 0.368. The number of benzene rings is 1. The van der Waals surface area contributed by atoms with Crippen molar-refractivity contribution in [1.29, 1.82) is 0 Å². The molecule has 0 bridgehead atoms. The van der Waals surface area contributed by atoms with Crippen LogP contribution >= 0.6 is 11.6 Å². The fourth-order valence-corrected chi connectivity index (χ4v) is 3.22. The monoisotopic (exact) mass is 417 g/mol. The average molecular weight is 418 g/mol. The molecule has 1 atom stereocenters. The number of nitrogens with one attached hydrogen (secondary N) is 1. The van der Waals surface area contributed by atoms with Gasteiger partial charge >= 0.3 is 18.1 Å². The van der Waals surface area contributed by atoms with Gasteiger partial charge in [0, 0.05) is 10.7 Å². The van der Waals surface area contributed by atoms with Crippen molar-refractivity contribution in [3.8, 4) is 0 Å². The van der Waals surface area contributed by atoms with Crippen LogP contribution in [0.15, 0.2) is 46.8 Å². The molecule has 1 aliphatic rings. The van der Waals surface area contributed by atoms with E-state index in [2.05, 4.69) is 5.32 Å². The molecule has 0 aliphatic carbocycles. The normalized spacial score (nSPS) is 17.3. The standard InChI is InChI=1S/C19H19ClF3NO4/c1-4-27-17(25)13-10(3)24-16(19(21,22)23)15(18(26)28-5-2)14(13)11-8-6-7-9-12(11)20/h6-9,14,24H,4-5H2,1-3H3. The third-order valence-corrected chi connectivity index (χ3v) is 4.40. The first-order valence-electron chi connectivity index (χ1n) is 8.51. The van der Waals surface area contributed by atoms with E-state index in [1.54, 1.807) is 19.1 Å². The molecule has 0 aromatic heterocycles. The summed E-state index contributed by atoms with van der Waals surface area (Å²) in [6, 6.07) is 6.06. The summed E-state index contributed by atoms with van der Waals surface area (Å²) in [5, 5.41) is 2.25. The second kappa shape index (κ2) is 8.68. The maximum Gasteiger partial charge on any atom is 0.431 e. The molecule has 28 heavy (non-hydrogen) atoms. The van der Waals surface area contributed by atoms with Gasteiger partial charge in [0.25, 0.3) is 0 Å². The molecule has 0 fully saturated rings. The van der Waals surface area contributed by atoms with Crippen LogP contribution in [0, 0.1) is 0 Å². The SMILES string of the molecule is CCOC(=O)C1=C(C)NC(C(F)(F)F)=C(C(=O)OCC)C1c1ccccc1Cl. The summed E-state index contributed by atoms with van der Waals surface area (Å²) in [6.45, 7) is 4.22. The Morgan fingerprint density at radius 2 is 1.61 bits per heavy atom. The number of alkyl halides is 3. The van der Waals surface area contributed by atoms with E-state index in [4.69, 9.17) is 21.1 Å². The van der Waals surface area contributed by atoms with E-state index in [9.17, 15) is 22.8 Å². The van der Waals surface area contributed by atoms with Crippen molar-refractivity contribution in [2.75, 3.05) is 13.2 Å². The lowest BCUT2D eigenvalue weighted by Crippen LogP contribution is -2.38. The minimum absolute atomic E-state index is 0.00936. The van der Waals surface area contributed by atoms with Crippen LogP contribution < -0.4 is 5.32 Å². The first-order chi connectivity index (χ1) is 13.1. The molecular formula is C19H19ClF3NO4. The predicted octanol–water partition coefficient (Wildman–Crippen LogP) is 4.24. The van der Waals surface area contributed by atoms with Gasteiger partial charge in [-0.15, -0.1) is 0 Å². The first kappa shape index (κ1) is 21.8. The molecule has 0 saturated carbocycles. The quantitative estimate of drug-likeness (QED) is 0.726. The summed E-state index contributed by atoms with van der Waals surface area (Å²) >= 11 is 6.21. The highest BCUT2D eigenvalue weighted by atomic mass is 35.5. The maximum absolute atomic E-state index is 13.7. The highest BCUT2D eigenvalue weighted by Gasteiger charge is 2.47. The Labute approximate surface area is 165 Å². The molecular weight excluding hydrogens is 399 g/mol. The Bertz CT molecular complexity index is 846. The lowest BCUT2D eigenvalue weighted by atomic mass is 9.80. The summed E-state index contributed by atoms with van der Waals surface area (Å²) < 4.78 is 51.1. The molecule has 1 N–H and O–H groups in total. The van der Waals surface area contributed by atoms with Gasteiger partial charge in [-0.1, -0.05) is 29.8 Å². The minimum atomic E-state index is -4.89. The van der Waals surface area contributed by atoms with Crippen LogP contribution in [0.1, 0.15) is 32.3 Å². The lowest BCUT2D eigenvalue weighted by molar-refractivity contribution is -0.141. The molecule has 0 spiro atoms. The van der Waals surface area contributed by atoms with E-state index in [1.807, 2.05) is 0 Å². The number of esters is 2. The Kier molecular flexibility index (Phi) is 6.77. The third-order valence-electron chi connectivity index (χ3n) is 4.05. The minimum Gasteiger partial charge on any atom is -0.463 e. The van der Waals surface area contributed by atoms with Crippen LogP contribution in [-0.2, 0) is 19.1 Å². The third kappa shape index (κ3) is 4.32. The summed E-state index contributed by atoms with van der Waals surface area (Å²) in [4.78, 5) is 25.1. The van der Waals surface area contributed by atoms with E-state index in [-0.39, 0.29) is 35.1 Å². The number of hydrogen-bond acceptors (Lipinski definition) is 5. The van der Waals surface area contributed by atoms with Crippen molar-refractivity contribution in [2.45, 2.75) is 32.9 Å². The number of carbonyl (C=O) groups is 2. The molecule has 0 saturated heterocycles. The summed E-state index contributed by atoms with van der Waals surface area (Å²) in [5.41, 5.74) is -2.08. The molecule has 1 aromatic rings. The van der Waals surface area contributed by atoms with Crippen LogP contribution in [0.2, 0.25) is 5.02 Å². The number of hydrogen-bond donors (Lipinski definition) is 1. The molecule has 1 heterocycles. The fourth-order valence-electron chi connectivity index (χ4n) is 2.98. The van der Waals surface area contributed by atoms with Gasteiger partial charge in [0.05, 0.1) is 30.3 Å². The Morgan fingerprint density at radius 3 is 2.11 bits per heavy atom. The van der Waals surface area contributed by atoms with Gasteiger partial charge in [0.2, 0.25) is 0 Å². The van der Waals surface area contributed by atoms with Crippen molar-refractivity contribution in [3.63, 3.8) is 0 Å². The molecule has 0 radical (unpaired) electrons. The van der Waals surface area contributed by atoms with Crippen molar-refractivity contribution in [2.24, 2.45) is 0 Å². The maximum atomic E-state index is 13.7. The van der Waals surface area contributed by atoms with Crippen LogP contribution in [-0.4, -0.2) is 31.3 Å². The van der Waals surface area contributed by atoms with Gasteiger partial charge < -0.3 is 14.8 Å². The zero-order valence-electron chi connectivity index (χ0n) is 15.4. The summed E-state index contributed by atoms with van der Waals surface area (Å²) in [7, 11) is 0. The van der Waals surface area contributed by atoms with Crippen LogP contribution in [0.4, 0.5) is 13.2 Å². The Balaban J connectivity index is 2.83. The van der Waals surface area contributed by atoms with E-state index in [0.29, 0.717) is 0 Å². The summed E-state index contributed by atoms with van der Waals surface area (Å²) in [5.74, 6) is -3.44. The van der Waals surface area contributed by atoms with Gasteiger partial charge in [-0.2, -0.15) is 13.2 Å². The van der Waals surface area contributed by atoms with Crippen LogP contribution in [0.5, 0.6) is 0 Å². The molecule has 2 rings (SSSR count). The molecule has 9 heteroatoms. The van der Waals surface area contributed by atoms with Crippen molar-refractivity contribution >= 4 is 23.5 Å². The van der Waals surface area contributed by atoms with Gasteiger partial charge in [0.1, 0.15) is 5.70 Å². The highest BCUT2D eigenvalue weighted by Crippen LogP contribution is 2.45. The average Bonchev–Trinajstić information content (AvgIpc) is 2.60. The summed E-state index contributed by atoms with van der Waals surface area (Å²) in [6.07, 6.45) is -4.89. The number of allylic oxidation sites excluding steroid dienone is 2. The number of rotatable bonds is 5. The van der Waals surface area contributed by atoms with Gasteiger partial charge in [-0.3, -0.25) is 0 Å². The molecule has 152 valence electrons. The van der Waals surface area contributed by atoms with E-state index in [0.717, 1.165) is 0 Å². The number of ether oxygens (including phenoxy) is 2. The molecule has 1 aliphatic heterocycles. The topological polar surface area (TPSA) is 64.6 Å². The number of halogens is 4. The Morgan fingerprint density at radius 1 is 1.07 bits per heavy atom. The number of dihydropyridines is 1. The molecule has 1 unspecified atom stereocenters. The van der Waals surface area contributed by atoms with Gasteiger partial charge in [-0.25, -0.2) is 9.59 Å². The van der Waals surface area contributed by atoms with Crippen LogP contribution in [0.25, 0.3) is 0 Å². The second-order valence-corrected chi connectivity index (χ2v) is 6.25. The van der Waals surface area contributed by atoms with Crippen LogP contribution in [0.3, 0.4) is 0 Å². The Hall–Kier alpha value is -2.48. The van der Waals surface area contributed by atoms with E-state index < -0.39 is 35.3 Å². The second-order valence-electron chi connectivity index (χ2n) is 5.85. The molecule has 1 aromatic carbocycles. The number of carbonyl (C=O) groups excluding carboxylic acids is 2.